The molecule has 0 unspecified atom stereocenters. The smallest absolute Gasteiger partial charge is 0.201 e. The van der Waals surface area contributed by atoms with E-state index in [2.05, 4.69) is 15.9 Å². The van der Waals surface area contributed by atoms with Crippen molar-refractivity contribution in [2.75, 3.05) is 12.3 Å². The van der Waals surface area contributed by atoms with Crippen molar-refractivity contribution in [3.05, 3.63) is 46.4 Å². The number of nitrogens with two attached hydrogens (primary N) is 1. The Bertz CT molecular complexity index is 650. The minimum atomic E-state index is -1.07. The fourth-order valence-electron chi connectivity index (χ4n) is 1.68. The first-order valence-corrected chi connectivity index (χ1v) is 7.16. The van der Waals surface area contributed by atoms with Gasteiger partial charge in [0.05, 0.1) is 6.61 Å². The number of benzene rings is 2. The summed E-state index contributed by atoms with van der Waals surface area (Å²) < 4.78 is 38.3. The normalized spacial score (nSPS) is 10.5. The molecule has 0 aliphatic carbocycles. The molecule has 0 fully saturated rings. The van der Waals surface area contributed by atoms with Crippen LogP contribution in [-0.4, -0.2) is 6.61 Å². The second-order valence-electron chi connectivity index (χ2n) is 4.32. The number of nitrogen functional groups attached to an aromatic ring is 1. The van der Waals surface area contributed by atoms with Gasteiger partial charge in [0.1, 0.15) is 11.4 Å². The Balaban J connectivity index is 2.32. The summed E-state index contributed by atoms with van der Waals surface area (Å²) in [6.45, 7) is 2.48. The zero-order valence-electron chi connectivity index (χ0n) is 11.3. The highest BCUT2D eigenvalue weighted by Gasteiger charge is 2.15. The lowest BCUT2D eigenvalue weighted by atomic mass is 10.2. The third-order valence-corrected chi connectivity index (χ3v) is 3.13. The summed E-state index contributed by atoms with van der Waals surface area (Å²) in [5, 5.41) is 0. The second kappa shape index (κ2) is 6.76. The van der Waals surface area contributed by atoms with Crippen molar-refractivity contribution in [3.63, 3.8) is 0 Å². The predicted octanol–water partition coefficient (Wildman–Crippen LogP) is 4.89. The number of anilines is 1. The summed E-state index contributed by atoms with van der Waals surface area (Å²) in [5.41, 5.74) is 6.16. The van der Waals surface area contributed by atoms with Crippen molar-refractivity contribution < 1.29 is 18.3 Å². The first-order chi connectivity index (χ1) is 10.0. The van der Waals surface area contributed by atoms with E-state index in [9.17, 15) is 8.78 Å². The molecule has 2 aromatic carbocycles. The van der Waals surface area contributed by atoms with Crippen LogP contribution in [0.2, 0.25) is 0 Å². The molecule has 0 aliphatic heterocycles. The monoisotopic (exact) mass is 357 g/mol. The molecule has 2 aromatic rings. The molecule has 2 N–H and O–H groups in total. The maximum absolute atomic E-state index is 13.7. The van der Waals surface area contributed by atoms with Gasteiger partial charge >= 0.3 is 0 Å². The lowest BCUT2D eigenvalue weighted by Crippen LogP contribution is -2.01. The lowest BCUT2D eigenvalue weighted by molar-refractivity contribution is 0.317. The highest BCUT2D eigenvalue weighted by Crippen LogP contribution is 2.36. The molecule has 0 atom stereocenters. The Morgan fingerprint density at radius 2 is 1.86 bits per heavy atom. The van der Waals surface area contributed by atoms with Crippen molar-refractivity contribution in [1.82, 2.24) is 0 Å². The zero-order valence-corrected chi connectivity index (χ0v) is 12.9. The van der Waals surface area contributed by atoms with Gasteiger partial charge in [-0.1, -0.05) is 28.9 Å². The number of rotatable bonds is 5. The van der Waals surface area contributed by atoms with Gasteiger partial charge in [-0.25, -0.2) is 4.39 Å². The fraction of sp³-hybridized carbons (Fsp3) is 0.200. The van der Waals surface area contributed by atoms with Gasteiger partial charge in [0.15, 0.2) is 17.3 Å². The van der Waals surface area contributed by atoms with Gasteiger partial charge in [0, 0.05) is 4.47 Å². The predicted molar refractivity (Wildman–Crippen MR) is 80.8 cm³/mol. The minimum Gasteiger partial charge on any atom is -0.491 e. The van der Waals surface area contributed by atoms with E-state index >= 15 is 0 Å². The van der Waals surface area contributed by atoms with Gasteiger partial charge in [0.25, 0.3) is 0 Å². The maximum Gasteiger partial charge on any atom is 0.201 e. The maximum atomic E-state index is 13.7. The summed E-state index contributed by atoms with van der Waals surface area (Å²) in [6.07, 6.45) is 0.829. The van der Waals surface area contributed by atoms with Crippen LogP contribution in [0.15, 0.2) is 34.8 Å². The van der Waals surface area contributed by atoms with Crippen LogP contribution < -0.4 is 15.2 Å². The van der Waals surface area contributed by atoms with E-state index in [1.165, 1.54) is 6.07 Å². The summed E-state index contributed by atoms with van der Waals surface area (Å²) in [4.78, 5) is 0. The second-order valence-corrected chi connectivity index (χ2v) is 5.23. The van der Waals surface area contributed by atoms with Crippen molar-refractivity contribution >= 4 is 21.6 Å². The molecule has 0 saturated heterocycles. The van der Waals surface area contributed by atoms with E-state index < -0.39 is 11.6 Å². The quantitative estimate of drug-likeness (QED) is 0.611. The third-order valence-electron chi connectivity index (χ3n) is 2.67. The Morgan fingerprint density at radius 1 is 1.14 bits per heavy atom. The van der Waals surface area contributed by atoms with E-state index in [-0.39, 0.29) is 17.2 Å². The largest absolute Gasteiger partial charge is 0.491 e. The van der Waals surface area contributed by atoms with E-state index in [0.29, 0.717) is 16.8 Å². The Hall–Kier alpha value is -1.82. The summed E-state index contributed by atoms with van der Waals surface area (Å²) >= 11 is 3.09. The van der Waals surface area contributed by atoms with Gasteiger partial charge in [0.2, 0.25) is 5.82 Å². The van der Waals surface area contributed by atoms with Gasteiger partial charge < -0.3 is 15.2 Å². The minimum absolute atomic E-state index is 0.208. The van der Waals surface area contributed by atoms with Crippen LogP contribution in [0.5, 0.6) is 17.2 Å². The van der Waals surface area contributed by atoms with Gasteiger partial charge in [-0.3, -0.25) is 0 Å². The molecule has 6 heteroatoms. The number of halogens is 3. The topological polar surface area (TPSA) is 44.5 Å². The van der Waals surface area contributed by atoms with Crippen molar-refractivity contribution in [1.29, 1.82) is 0 Å². The van der Waals surface area contributed by atoms with Crippen LogP contribution in [-0.2, 0) is 0 Å². The molecule has 0 saturated carbocycles. The molecule has 21 heavy (non-hydrogen) atoms. The van der Waals surface area contributed by atoms with Crippen LogP contribution in [0.4, 0.5) is 14.5 Å². The van der Waals surface area contributed by atoms with E-state index in [4.69, 9.17) is 15.2 Å². The van der Waals surface area contributed by atoms with Crippen molar-refractivity contribution in [2.45, 2.75) is 13.3 Å². The first-order valence-electron chi connectivity index (χ1n) is 6.36. The molecule has 0 aromatic heterocycles. The Kier molecular flexibility index (Phi) is 5.01. The SMILES string of the molecule is CCCOc1cccc(Oc2cc(Br)cc(F)c2F)c1N. The van der Waals surface area contributed by atoms with Crippen LogP contribution in [0.3, 0.4) is 0 Å². The molecule has 112 valence electrons. The van der Waals surface area contributed by atoms with Crippen LogP contribution in [0, 0.1) is 11.6 Å². The first kappa shape index (κ1) is 15.6. The van der Waals surface area contributed by atoms with E-state index in [1.807, 2.05) is 6.92 Å². The average molecular weight is 358 g/mol. The van der Waals surface area contributed by atoms with Crippen molar-refractivity contribution in [3.8, 4) is 17.2 Å². The summed E-state index contributed by atoms with van der Waals surface area (Å²) in [7, 11) is 0. The summed E-state index contributed by atoms with van der Waals surface area (Å²) in [6, 6.07) is 7.27. The average Bonchev–Trinajstić information content (AvgIpc) is 2.45. The van der Waals surface area contributed by atoms with Gasteiger partial charge in [-0.05, 0) is 30.7 Å². The van der Waals surface area contributed by atoms with Crippen LogP contribution in [0.25, 0.3) is 0 Å². The van der Waals surface area contributed by atoms with E-state index in [1.54, 1.807) is 18.2 Å². The van der Waals surface area contributed by atoms with Gasteiger partial charge in [-0.15, -0.1) is 0 Å². The Morgan fingerprint density at radius 3 is 2.57 bits per heavy atom. The summed E-state index contributed by atoms with van der Waals surface area (Å²) in [5.74, 6) is -1.67. The molecular weight excluding hydrogens is 344 g/mol. The molecule has 0 bridgehead atoms. The molecule has 0 heterocycles. The fourth-order valence-corrected chi connectivity index (χ4v) is 2.08. The number of hydrogen-bond acceptors (Lipinski definition) is 3. The molecule has 0 aliphatic rings. The van der Waals surface area contributed by atoms with E-state index in [0.717, 1.165) is 12.5 Å². The van der Waals surface area contributed by atoms with Crippen LogP contribution >= 0.6 is 15.9 Å². The zero-order chi connectivity index (χ0) is 15.4. The van der Waals surface area contributed by atoms with Crippen LogP contribution in [0.1, 0.15) is 13.3 Å². The standard InChI is InChI=1S/C15H14BrF2NO2/c1-2-6-20-11-4-3-5-12(15(11)19)21-13-8-9(16)7-10(17)14(13)18/h3-5,7-8H,2,6,19H2,1H3. The third kappa shape index (κ3) is 3.64. The number of hydrogen-bond donors (Lipinski definition) is 1. The number of ether oxygens (including phenoxy) is 2. The molecule has 2 rings (SSSR count). The molecule has 0 amide bonds. The molecule has 3 nitrogen and oxygen atoms in total. The lowest BCUT2D eigenvalue weighted by Gasteiger charge is -2.13. The number of para-hydroxylation sites is 1. The highest BCUT2D eigenvalue weighted by atomic mass is 79.9. The molecule has 0 spiro atoms. The molecular formula is C15H14BrF2NO2. The Labute approximate surface area is 129 Å². The van der Waals surface area contributed by atoms with Crippen molar-refractivity contribution in [2.24, 2.45) is 0 Å². The highest BCUT2D eigenvalue weighted by molar-refractivity contribution is 9.10. The van der Waals surface area contributed by atoms with Gasteiger partial charge in [-0.2, -0.15) is 4.39 Å². The molecule has 0 radical (unpaired) electrons.